The minimum Gasteiger partial charge on any atom is -0.329 e. The van der Waals surface area contributed by atoms with Crippen LogP contribution in [0.25, 0.3) is 0 Å². The van der Waals surface area contributed by atoms with Crippen molar-refractivity contribution >= 4 is 25.7 Å². The second-order valence-electron chi connectivity index (χ2n) is 4.52. The van der Waals surface area contributed by atoms with Gasteiger partial charge in [0.2, 0.25) is 20.0 Å². The van der Waals surface area contributed by atoms with Gasteiger partial charge in [0, 0.05) is 13.1 Å². The van der Waals surface area contributed by atoms with Gasteiger partial charge in [0.05, 0.1) is 15.8 Å². The molecule has 7 nitrogen and oxygen atoms in total. The van der Waals surface area contributed by atoms with Crippen LogP contribution in [0.4, 0.5) is 10.1 Å². The lowest BCUT2D eigenvalue weighted by atomic mass is 10.3. The maximum absolute atomic E-state index is 13.9. The van der Waals surface area contributed by atoms with Crippen LogP contribution in [-0.4, -0.2) is 35.2 Å². The molecule has 0 aliphatic rings. The van der Waals surface area contributed by atoms with E-state index in [1.54, 1.807) is 0 Å². The van der Waals surface area contributed by atoms with Crippen molar-refractivity contribution in [2.24, 2.45) is 5.73 Å². The average molecular weight is 339 g/mol. The lowest BCUT2D eigenvalue weighted by molar-refractivity contribution is 0.578. The van der Waals surface area contributed by atoms with Crippen LogP contribution in [0.1, 0.15) is 13.8 Å². The highest BCUT2D eigenvalue weighted by Crippen LogP contribution is 2.20. The van der Waals surface area contributed by atoms with Crippen molar-refractivity contribution in [1.82, 2.24) is 4.72 Å². The maximum atomic E-state index is 13.9. The standard InChI is InChI=1S/C11H18FN3O4S2/c1-8(2)20(16,17)15-11-4-3-9(7-10(11)12)21(18,19)14-6-5-13/h3-4,7-8,14-15H,5-6,13H2,1-2H3. The molecule has 120 valence electrons. The van der Waals surface area contributed by atoms with Gasteiger partial charge in [0.25, 0.3) is 0 Å². The van der Waals surface area contributed by atoms with Crippen LogP contribution < -0.4 is 15.2 Å². The number of nitrogens with two attached hydrogens (primary N) is 1. The highest BCUT2D eigenvalue weighted by Gasteiger charge is 2.20. The highest BCUT2D eigenvalue weighted by atomic mass is 32.2. The zero-order valence-corrected chi connectivity index (χ0v) is 13.3. The zero-order chi connectivity index (χ0) is 16.3. The van der Waals surface area contributed by atoms with Crippen molar-refractivity contribution in [1.29, 1.82) is 0 Å². The fourth-order valence-electron chi connectivity index (χ4n) is 1.29. The largest absolute Gasteiger partial charge is 0.329 e. The second kappa shape index (κ2) is 6.69. The van der Waals surface area contributed by atoms with E-state index in [0.717, 1.165) is 18.2 Å². The summed E-state index contributed by atoms with van der Waals surface area (Å²) in [6.07, 6.45) is 0. The van der Waals surface area contributed by atoms with E-state index in [0.29, 0.717) is 0 Å². The number of benzene rings is 1. The Balaban J connectivity index is 3.07. The summed E-state index contributed by atoms with van der Waals surface area (Å²) in [4.78, 5) is -0.305. The van der Waals surface area contributed by atoms with Crippen molar-refractivity contribution in [3.63, 3.8) is 0 Å². The Hall–Kier alpha value is -1.23. The normalized spacial score (nSPS) is 12.6. The summed E-state index contributed by atoms with van der Waals surface area (Å²) in [7, 11) is -7.58. The summed E-state index contributed by atoms with van der Waals surface area (Å²) in [6.45, 7) is 3.01. The summed E-state index contributed by atoms with van der Waals surface area (Å²) < 4.78 is 65.0. The van der Waals surface area contributed by atoms with Crippen LogP contribution in [0.5, 0.6) is 0 Å². The van der Waals surface area contributed by atoms with Crippen LogP contribution in [0.3, 0.4) is 0 Å². The Morgan fingerprint density at radius 3 is 2.33 bits per heavy atom. The van der Waals surface area contributed by atoms with E-state index in [4.69, 9.17) is 5.73 Å². The van der Waals surface area contributed by atoms with Crippen LogP contribution >= 0.6 is 0 Å². The molecule has 0 fully saturated rings. The lowest BCUT2D eigenvalue weighted by Gasteiger charge is -2.12. The van der Waals surface area contributed by atoms with E-state index in [1.807, 2.05) is 0 Å². The second-order valence-corrected chi connectivity index (χ2v) is 8.53. The Labute approximate surface area is 123 Å². The van der Waals surface area contributed by atoms with E-state index in [9.17, 15) is 21.2 Å². The average Bonchev–Trinajstić information content (AvgIpc) is 2.38. The molecule has 0 saturated heterocycles. The van der Waals surface area contributed by atoms with E-state index < -0.39 is 31.1 Å². The lowest BCUT2D eigenvalue weighted by Crippen LogP contribution is -2.29. The molecule has 1 aromatic carbocycles. The summed E-state index contributed by atoms with van der Waals surface area (Å²) in [5.41, 5.74) is 4.88. The number of rotatable bonds is 7. The smallest absolute Gasteiger partial charge is 0.240 e. The number of anilines is 1. The first kappa shape index (κ1) is 17.8. The van der Waals surface area contributed by atoms with Gasteiger partial charge in [-0.3, -0.25) is 4.72 Å². The molecule has 0 atom stereocenters. The Bertz CT molecular complexity index is 702. The molecule has 0 unspecified atom stereocenters. The van der Waals surface area contributed by atoms with Gasteiger partial charge < -0.3 is 5.73 Å². The SMILES string of the molecule is CC(C)S(=O)(=O)Nc1ccc(S(=O)(=O)NCCN)cc1F. The predicted molar refractivity (Wildman–Crippen MR) is 78.3 cm³/mol. The molecule has 0 heterocycles. The van der Waals surface area contributed by atoms with E-state index >= 15 is 0 Å². The van der Waals surface area contributed by atoms with Crippen molar-refractivity contribution in [2.75, 3.05) is 17.8 Å². The number of hydrogen-bond donors (Lipinski definition) is 3. The van der Waals surface area contributed by atoms with Crippen molar-refractivity contribution in [3.05, 3.63) is 24.0 Å². The third-order valence-electron chi connectivity index (χ3n) is 2.56. The highest BCUT2D eigenvalue weighted by molar-refractivity contribution is 7.93. The predicted octanol–water partition coefficient (Wildman–Crippen LogP) is 0.213. The summed E-state index contributed by atoms with van der Waals surface area (Å²) >= 11 is 0. The van der Waals surface area contributed by atoms with Crippen LogP contribution in [0.15, 0.2) is 23.1 Å². The van der Waals surface area contributed by atoms with E-state index in [2.05, 4.69) is 9.44 Å². The number of hydrogen-bond acceptors (Lipinski definition) is 5. The van der Waals surface area contributed by atoms with Crippen molar-refractivity contribution in [3.8, 4) is 0 Å². The Morgan fingerprint density at radius 1 is 1.24 bits per heavy atom. The van der Waals surface area contributed by atoms with Gasteiger partial charge in [0.15, 0.2) is 0 Å². The van der Waals surface area contributed by atoms with Crippen molar-refractivity contribution < 1.29 is 21.2 Å². The molecule has 0 saturated carbocycles. The van der Waals surface area contributed by atoms with Gasteiger partial charge in [-0.1, -0.05) is 0 Å². The first-order chi connectivity index (χ1) is 9.60. The molecule has 0 amide bonds. The van der Waals surface area contributed by atoms with Gasteiger partial charge >= 0.3 is 0 Å². The molecule has 0 bridgehead atoms. The van der Waals surface area contributed by atoms with E-state index in [1.165, 1.54) is 13.8 Å². The quantitative estimate of drug-likeness (QED) is 0.656. The maximum Gasteiger partial charge on any atom is 0.240 e. The third kappa shape index (κ3) is 4.63. The molecule has 0 aliphatic carbocycles. The zero-order valence-electron chi connectivity index (χ0n) is 11.6. The number of nitrogens with one attached hydrogen (secondary N) is 2. The summed E-state index contributed by atoms with van der Waals surface area (Å²) in [6, 6.07) is 2.92. The van der Waals surface area contributed by atoms with Crippen molar-refractivity contribution in [2.45, 2.75) is 24.0 Å². The molecule has 4 N–H and O–H groups in total. The van der Waals surface area contributed by atoms with Gasteiger partial charge in [-0.15, -0.1) is 0 Å². The molecule has 10 heteroatoms. The van der Waals surface area contributed by atoms with Gasteiger partial charge in [-0.25, -0.2) is 25.9 Å². The first-order valence-corrected chi connectivity index (χ1v) is 9.14. The summed E-state index contributed by atoms with van der Waals surface area (Å²) in [5, 5.41) is -0.744. The van der Waals surface area contributed by atoms with Gasteiger partial charge in [-0.05, 0) is 32.0 Å². The molecule has 0 aliphatic heterocycles. The monoisotopic (exact) mass is 339 g/mol. The van der Waals surface area contributed by atoms with E-state index in [-0.39, 0.29) is 23.7 Å². The van der Waals surface area contributed by atoms with Crippen LogP contribution in [-0.2, 0) is 20.0 Å². The van der Waals surface area contributed by atoms with Crippen LogP contribution in [0.2, 0.25) is 0 Å². The minimum absolute atomic E-state index is 0.0195. The fraction of sp³-hybridized carbons (Fsp3) is 0.455. The molecule has 0 spiro atoms. The number of sulfonamides is 2. The molecule has 21 heavy (non-hydrogen) atoms. The number of halogens is 1. The van der Waals surface area contributed by atoms with Crippen LogP contribution in [0, 0.1) is 5.82 Å². The Kier molecular flexibility index (Phi) is 5.68. The molecule has 1 rings (SSSR count). The molecule has 0 aromatic heterocycles. The fourth-order valence-corrected chi connectivity index (χ4v) is 3.06. The molecular formula is C11H18FN3O4S2. The topological polar surface area (TPSA) is 118 Å². The molecule has 1 aromatic rings. The minimum atomic E-state index is -3.87. The summed E-state index contributed by atoms with van der Waals surface area (Å²) in [5.74, 6) is -0.977. The first-order valence-electron chi connectivity index (χ1n) is 6.11. The molecular weight excluding hydrogens is 321 g/mol. The molecule has 0 radical (unpaired) electrons. The van der Waals surface area contributed by atoms with Gasteiger partial charge in [0.1, 0.15) is 5.82 Å². The Morgan fingerprint density at radius 2 is 1.86 bits per heavy atom. The van der Waals surface area contributed by atoms with Gasteiger partial charge in [-0.2, -0.15) is 0 Å². The third-order valence-corrected chi connectivity index (χ3v) is 5.76.